The van der Waals surface area contributed by atoms with Crippen molar-refractivity contribution < 1.29 is 9.59 Å². The number of halogens is 2. The number of hydrogen-bond donors (Lipinski definition) is 1. The summed E-state index contributed by atoms with van der Waals surface area (Å²) < 4.78 is 0. The maximum atomic E-state index is 13.3. The zero-order chi connectivity index (χ0) is 20.5. The van der Waals surface area contributed by atoms with Crippen LogP contribution in [0.5, 0.6) is 0 Å². The highest BCUT2D eigenvalue weighted by atomic mass is 35.5. The van der Waals surface area contributed by atoms with Crippen molar-refractivity contribution in [3.63, 3.8) is 0 Å². The SMILES string of the molecule is Cc1ccc(NC2=C(c3ccc(Cl)cc3)C(=O)N(c3ccc(Cl)cc3)C2=O)cc1. The Morgan fingerprint density at radius 2 is 1.28 bits per heavy atom. The fourth-order valence-corrected chi connectivity index (χ4v) is 3.39. The number of carbonyl (C=O) groups excluding carboxylic acids is 2. The molecule has 1 aliphatic heterocycles. The Bertz CT molecular complexity index is 1120. The van der Waals surface area contributed by atoms with E-state index in [-0.39, 0.29) is 5.70 Å². The first-order valence-corrected chi connectivity index (χ1v) is 9.68. The lowest BCUT2D eigenvalue weighted by molar-refractivity contribution is -0.120. The molecular weight excluding hydrogens is 407 g/mol. The summed E-state index contributed by atoms with van der Waals surface area (Å²) >= 11 is 12.0. The van der Waals surface area contributed by atoms with Crippen LogP contribution in [0, 0.1) is 6.92 Å². The lowest BCUT2D eigenvalue weighted by Crippen LogP contribution is -2.32. The van der Waals surface area contributed by atoms with Gasteiger partial charge in [0.2, 0.25) is 0 Å². The summed E-state index contributed by atoms with van der Waals surface area (Å²) in [6, 6.07) is 21.0. The van der Waals surface area contributed by atoms with Gasteiger partial charge in [0.1, 0.15) is 5.70 Å². The van der Waals surface area contributed by atoms with Crippen LogP contribution in [0.15, 0.2) is 78.5 Å². The van der Waals surface area contributed by atoms with Crippen molar-refractivity contribution in [1.82, 2.24) is 0 Å². The van der Waals surface area contributed by atoms with Gasteiger partial charge >= 0.3 is 0 Å². The van der Waals surface area contributed by atoms with Gasteiger partial charge in [-0.15, -0.1) is 0 Å². The largest absolute Gasteiger partial charge is 0.350 e. The van der Waals surface area contributed by atoms with Gasteiger partial charge in [-0.3, -0.25) is 9.59 Å². The van der Waals surface area contributed by atoms with Crippen LogP contribution in [0.3, 0.4) is 0 Å². The molecule has 1 aliphatic rings. The molecular formula is C23H16Cl2N2O2. The number of nitrogens with one attached hydrogen (secondary N) is 1. The Kier molecular flexibility index (Phi) is 5.14. The van der Waals surface area contributed by atoms with Gasteiger partial charge in [0, 0.05) is 15.7 Å². The Morgan fingerprint density at radius 1 is 0.724 bits per heavy atom. The second-order valence-corrected chi connectivity index (χ2v) is 7.54. The molecule has 0 saturated carbocycles. The van der Waals surface area contributed by atoms with E-state index in [4.69, 9.17) is 23.2 Å². The Balaban J connectivity index is 1.80. The molecule has 0 radical (unpaired) electrons. The third kappa shape index (κ3) is 3.77. The first-order chi connectivity index (χ1) is 13.9. The van der Waals surface area contributed by atoms with E-state index in [0.717, 1.165) is 16.2 Å². The molecule has 0 aromatic heterocycles. The molecule has 0 aliphatic carbocycles. The normalized spacial score (nSPS) is 14.0. The number of benzene rings is 3. The van der Waals surface area contributed by atoms with Crippen molar-refractivity contribution in [3.8, 4) is 0 Å². The quantitative estimate of drug-likeness (QED) is 0.548. The van der Waals surface area contributed by atoms with Gasteiger partial charge in [-0.25, -0.2) is 4.90 Å². The van der Waals surface area contributed by atoms with E-state index in [0.29, 0.717) is 26.9 Å². The minimum Gasteiger partial charge on any atom is -0.350 e. The summed E-state index contributed by atoms with van der Waals surface area (Å²) in [5, 5.41) is 4.21. The fourth-order valence-electron chi connectivity index (χ4n) is 3.14. The molecule has 144 valence electrons. The molecule has 4 rings (SSSR count). The number of imide groups is 1. The van der Waals surface area contributed by atoms with Crippen molar-refractivity contribution in [2.24, 2.45) is 0 Å². The third-order valence-corrected chi connectivity index (χ3v) is 5.13. The van der Waals surface area contributed by atoms with Crippen molar-refractivity contribution >= 4 is 52.0 Å². The highest BCUT2D eigenvalue weighted by molar-refractivity contribution is 6.46. The Hall–Kier alpha value is -3.08. The summed E-state index contributed by atoms with van der Waals surface area (Å²) in [6.07, 6.45) is 0. The van der Waals surface area contributed by atoms with Crippen molar-refractivity contribution in [2.75, 3.05) is 10.2 Å². The molecule has 1 heterocycles. The van der Waals surface area contributed by atoms with Crippen LogP contribution < -0.4 is 10.2 Å². The third-order valence-electron chi connectivity index (χ3n) is 4.62. The van der Waals surface area contributed by atoms with Crippen molar-refractivity contribution in [1.29, 1.82) is 0 Å². The number of rotatable bonds is 4. The van der Waals surface area contributed by atoms with E-state index >= 15 is 0 Å². The van der Waals surface area contributed by atoms with Gasteiger partial charge in [-0.1, -0.05) is 53.0 Å². The molecule has 0 saturated heterocycles. The van der Waals surface area contributed by atoms with E-state index < -0.39 is 11.8 Å². The van der Waals surface area contributed by atoms with Crippen LogP contribution in [0.25, 0.3) is 5.57 Å². The number of aryl methyl sites for hydroxylation is 1. The van der Waals surface area contributed by atoms with Gasteiger partial charge in [0.15, 0.2) is 0 Å². The standard InChI is InChI=1S/C23H16Cl2N2O2/c1-14-2-10-18(11-3-14)26-21-20(15-4-6-16(24)7-5-15)22(28)27(23(21)29)19-12-8-17(25)9-13-19/h2-13,26H,1H3. The molecule has 2 amide bonds. The minimum absolute atomic E-state index is 0.219. The van der Waals surface area contributed by atoms with Gasteiger partial charge in [-0.05, 0) is 61.0 Å². The second kappa shape index (κ2) is 7.74. The summed E-state index contributed by atoms with van der Waals surface area (Å²) in [6.45, 7) is 1.98. The summed E-state index contributed by atoms with van der Waals surface area (Å²) in [5.74, 6) is -0.836. The average molecular weight is 423 g/mol. The molecule has 6 heteroatoms. The van der Waals surface area contributed by atoms with Gasteiger partial charge in [0.05, 0.1) is 11.3 Å². The van der Waals surface area contributed by atoms with Crippen LogP contribution in [-0.2, 0) is 9.59 Å². The molecule has 29 heavy (non-hydrogen) atoms. The molecule has 3 aromatic rings. The summed E-state index contributed by atoms with van der Waals surface area (Å²) in [4.78, 5) is 27.7. The lowest BCUT2D eigenvalue weighted by atomic mass is 10.0. The predicted octanol–water partition coefficient (Wildman–Crippen LogP) is 5.70. The zero-order valence-corrected chi connectivity index (χ0v) is 17.0. The second-order valence-electron chi connectivity index (χ2n) is 6.67. The van der Waals surface area contributed by atoms with E-state index in [1.54, 1.807) is 48.5 Å². The van der Waals surface area contributed by atoms with Gasteiger partial charge in [0.25, 0.3) is 11.8 Å². The number of amides is 2. The highest BCUT2D eigenvalue weighted by Crippen LogP contribution is 2.34. The summed E-state index contributed by atoms with van der Waals surface area (Å²) in [5.41, 5.74) is 3.39. The fraction of sp³-hybridized carbons (Fsp3) is 0.0435. The van der Waals surface area contributed by atoms with Crippen LogP contribution in [0.2, 0.25) is 10.0 Å². The number of carbonyl (C=O) groups is 2. The van der Waals surface area contributed by atoms with Crippen molar-refractivity contribution in [2.45, 2.75) is 6.92 Å². The molecule has 1 N–H and O–H groups in total. The minimum atomic E-state index is -0.428. The number of anilines is 2. The molecule has 0 atom stereocenters. The Morgan fingerprint density at radius 3 is 1.86 bits per heavy atom. The molecule has 0 unspecified atom stereocenters. The van der Waals surface area contributed by atoms with Gasteiger partial charge in [-0.2, -0.15) is 0 Å². The first kappa shape index (κ1) is 19.2. The molecule has 0 bridgehead atoms. The van der Waals surface area contributed by atoms with Crippen molar-refractivity contribution in [3.05, 3.63) is 99.7 Å². The topological polar surface area (TPSA) is 49.4 Å². The first-order valence-electron chi connectivity index (χ1n) is 8.92. The van der Waals surface area contributed by atoms with E-state index in [9.17, 15) is 9.59 Å². The predicted molar refractivity (Wildman–Crippen MR) is 117 cm³/mol. The Labute approximate surface area is 178 Å². The lowest BCUT2D eigenvalue weighted by Gasteiger charge is -2.15. The molecule has 0 spiro atoms. The monoisotopic (exact) mass is 422 g/mol. The maximum absolute atomic E-state index is 13.3. The zero-order valence-electron chi connectivity index (χ0n) is 15.4. The van der Waals surface area contributed by atoms with E-state index in [1.807, 2.05) is 31.2 Å². The maximum Gasteiger partial charge on any atom is 0.282 e. The average Bonchev–Trinajstić information content (AvgIpc) is 2.95. The van der Waals surface area contributed by atoms with Crippen LogP contribution >= 0.6 is 23.2 Å². The summed E-state index contributed by atoms with van der Waals surface area (Å²) in [7, 11) is 0. The molecule has 4 nitrogen and oxygen atoms in total. The van der Waals surface area contributed by atoms with Gasteiger partial charge < -0.3 is 5.32 Å². The van der Waals surface area contributed by atoms with Crippen LogP contribution in [0.4, 0.5) is 11.4 Å². The van der Waals surface area contributed by atoms with E-state index in [1.165, 1.54) is 0 Å². The number of nitrogens with zero attached hydrogens (tertiary/aromatic N) is 1. The smallest absolute Gasteiger partial charge is 0.282 e. The molecule has 0 fully saturated rings. The molecule has 3 aromatic carbocycles. The van der Waals surface area contributed by atoms with E-state index in [2.05, 4.69) is 5.32 Å². The van der Waals surface area contributed by atoms with Crippen LogP contribution in [0.1, 0.15) is 11.1 Å². The van der Waals surface area contributed by atoms with Crippen LogP contribution in [-0.4, -0.2) is 11.8 Å². The highest BCUT2D eigenvalue weighted by Gasteiger charge is 2.40. The number of hydrogen-bond acceptors (Lipinski definition) is 3.